The SMILES string of the molecule is COCCO[C@@H](Cn1c(=O)n(C2CCN(C(C)C)C2=O)c(=O)c2c(C)c(-n3nccn3)sc21)c1cc(F)ccc1OC. The topological polar surface area (TPSA) is 123 Å². The number of aromatic nitrogens is 5. The minimum atomic E-state index is -0.954. The molecule has 1 unspecified atom stereocenters. The van der Waals surface area contributed by atoms with Crippen molar-refractivity contribution in [1.29, 1.82) is 0 Å². The van der Waals surface area contributed by atoms with E-state index in [2.05, 4.69) is 10.2 Å². The number of likely N-dealkylation sites (tertiary alicyclic amines) is 1. The van der Waals surface area contributed by atoms with Crippen molar-refractivity contribution in [1.82, 2.24) is 29.0 Å². The first kappa shape index (κ1) is 29.6. The van der Waals surface area contributed by atoms with Gasteiger partial charge in [0.25, 0.3) is 5.56 Å². The van der Waals surface area contributed by atoms with E-state index in [1.54, 1.807) is 11.8 Å². The summed E-state index contributed by atoms with van der Waals surface area (Å²) in [7, 11) is 3.00. The Bertz CT molecular complexity index is 1710. The lowest BCUT2D eigenvalue weighted by Crippen LogP contribution is -2.45. The summed E-state index contributed by atoms with van der Waals surface area (Å²) in [6.45, 7) is 6.29. The number of fused-ring (bicyclic) bond motifs is 1. The van der Waals surface area contributed by atoms with Crippen LogP contribution in [0.15, 0.2) is 40.2 Å². The highest BCUT2D eigenvalue weighted by Gasteiger charge is 2.38. The van der Waals surface area contributed by atoms with Crippen LogP contribution < -0.4 is 16.0 Å². The van der Waals surface area contributed by atoms with E-state index in [0.717, 1.165) is 4.57 Å². The molecule has 1 aliphatic rings. The third kappa shape index (κ3) is 5.25. The van der Waals surface area contributed by atoms with E-state index in [1.165, 1.54) is 65.5 Å². The molecule has 14 heteroatoms. The smallest absolute Gasteiger partial charge is 0.332 e. The summed E-state index contributed by atoms with van der Waals surface area (Å²) in [5, 5.41) is 9.27. The predicted molar refractivity (Wildman–Crippen MR) is 154 cm³/mol. The predicted octanol–water partition coefficient (Wildman–Crippen LogP) is 2.85. The maximum Gasteiger partial charge on any atom is 0.332 e. The van der Waals surface area contributed by atoms with Gasteiger partial charge in [0, 0.05) is 30.8 Å². The second-order valence-electron chi connectivity index (χ2n) is 10.3. The van der Waals surface area contributed by atoms with Crippen LogP contribution in [0.1, 0.15) is 43.5 Å². The second-order valence-corrected chi connectivity index (χ2v) is 11.2. The van der Waals surface area contributed by atoms with Gasteiger partial charge in [-0.15, -0.1) is 4.80 Å². The van der Waals surface area contributed by atoms with Gasteiger partial charge in [0.1, 0.15) is 33.5 Å². The fraction of sp³-hybridized carbons (Fsp3) is 0.464. The van der Waals surface area contributed by atoms with Crippen molar-refractivity contribution >= 4 is 27.5 Å². The van der Waals surface area contributed by atoms with Crippen molar-refractivity contribution in [2.24, 2.45) is 0 Å². The summed E-state index contributed by atoms with van der Waals surface area (Å²) in [6.07, 6.45) is 2.49. The molecule has 3 aromatic heterocycles. The standard InChI is InChI=1S/C28H33FN6O6S/c1-16(2)32-11-8-20(24(32)36)34-25(37)23-17(3)26(35-30-9-10-31-35)42-27(23)33(28(34)38)15-22(41-13-12-39-4)19-14-18(29)6-7-21(19)40-5/h6-7,9-10,14,16,20,22H,8,11-13,15H2,1-5H3/t20?,22-/m0/s1. The first-order chi connectivity index (χ1) is 20.2. The molecule has 1 aliphatic heterocycles. The van der Waals surface area contributed by atoms with Crippen molar-refractivity contribution < 1.29 is 23.4 Å². The highest BCUT2D eigenvalue weighted by Crippen LogP contribution is 2.34. The van der Waals surface area contributed by atoms with Crippen LogP contribution in [0.25, 0.3) is 15.2 Å². The molecular formula is C28H33FN6O6S. The maximum absolute atomic E-state index is 14.5. The van der Waals surface area contributed by atoms with E-state index in [1.807, 2.05) is 13.8 Å². The molecule has 42 heavy (non-hydrogen) atoms. The first-order valence-electron chi connectivity index (χ1n) is 13.6. The number of carbonyl (C=O) groups excluding carboxylic acids is 1. The number of ether oxygens (including phenoxy) is 3. The fourth-order valence-electron chi connectivity index (χ4n) is 5.38. The van der Waals surface area contributed by atoms with Gasteiger partial charge in [0.15, 0.2) is 0 Å². The number of thiophene rings is 1. The summed E-state index contributed by atoms with van der Waals surface area (Å²) < 4.78 is 33.7. The van der Waals surface area contributed by atoms with Crippen LogP contribution in [0.2, 0.25) is 0 Å². The van der Waals surface area contributed by atoms with Gasteiger partial charge < -0.3 is 19.1 Å². The molecule has 2 atom stereocenters. The van der Waals surface area contributed by atoms with E-state index in [4.69, 9.17) is 14.2 Å². The van der Waals surface area contributed by atoms with Crippen LogP contribution in [0, 0.1) is 12.7 Å². The Morgan fingerprint density at radius 1 is 1.12 bits per heavy atom. The monoisotopic (exact) mass is 600 g/mol. The quantitative estimate of drug-likeness (QED) is 0.241. The zero-order valence-corrected chi connectivity index (χ0v) is 24.9. The van der Waals surface area contributed by atoms with Gasteiger partial charge in [-0.2, -0.15) is 10.2 Å². The molecule has 5 rings (SSSR count). The number of rotatable bonds is 11. The molecule has 12 nitrogen and oxygen atoms in total. The van der Waals surface area contributed by atoms with Crippen LogP contribution >= 0.6 is 11.3 Å². The lowest BCUT2D eigenvalue weighted by Gasteiger charge is -2.24. The van der Waals surface area contributed by atoms with Gasteiger partial charge in [0.2, 0.25) is 5.91 Å². The highest BCUT2D eigenvalue weighted by atomic mass is 32.1. The van der Waals surface area contributed by atoms with E-state index in [-0.39, 0.29) is 37.1 Å². The summed E-state index contributed by atoms with van der Waals surface area (Å²) >= 11 is 1.18. The van der Waals surface area contributed by atoms with Crippen LogP contribution in [-0.4, -0.2) is 75.0 Å². The van der Waals surface area contributed by atoms with Crippen molar-refractivity contribution in [2.45, 2.75) is 51.9 Å². The van der Waals surface area contributed by atoms with Gasteiger partial charge in [-0.1, -0.05) is 11.3 Å². The molecular weight excluding hydrogens is 567 g/mol. The lowest BCUT2D eigenvalue weighted by molar-refractivity contribution is -0.131. The summed E-state index contributed by atoms with van der Waals surface area (Å²) in [5.41, 5.74) is -0.252. The van der Waals surface area contributed by atoms with Gasteiger partial charge in [0.05, 0.1) is 44.6 Å². The molecule has 0 aliphatic carbocycles. The minimum Gasteiger partial charge on any atom is -0.496 e. The van der Waals surface area contributed by atoms with Gasteiger partial charge >= 0.3 is 5.69 Å². The molecule has 0 spiro atoms. The molecule has 4 aromatic rings. The number of hydrogen-bond acceptors (Lipinski definition) is 9. The van der Waals surface area contributed by atoms with Crippen LogP contribution in [0.5, 0.6) is 5.75 Å². The molecule has 1 fully saturated rings. The summed E-state index contributed by atoms with van der Waals surface area (Å²) in [5.74, 6) is -0.409. The number of methoxy groups -OCH3 is 2. The molecule has 1 saturated heterocycles. The number of aryl methyl sites for hydroxylation is 1. The number of carbonyl (C=O) groups is 1. The summed E-state index contributed by atoms with van der Waals surface area (Å²) in [6, 6.07) is 3.03. The number of benzene rings is 1. The second kappa shape index (κ2) is 12.2. The van der Waals surface area contributed by atoms with Crippen LogP contribution in [0.3, 0.4) is 0 Å². The first-order valence-corrected chi connectivity index (χ1v) is 14.4. The van der Waals surface area contributed by atoms with E-state index < -0.39 is 29.2 Å². The van der Waals surface area contributed by atoms with Gasteiger partial charge in [-0.3, -0.25) is 14.2 Å². The van der Waals surface area contributed by atoms with Crippen LogP contribution in [0.4, 0.5) is 4.39 Å². The Morgan fingerprint density at radius 2 is 1.86 bits per heavy atom. The van der Waals surface area contributed by atoms with Crippen molar-refractivity contribution in [3.05, 3.63) is 68.4 Å². The molecule has 1 amide bonds. The average molecular weight is 601 g/mol. The Kier molecular flexibility index (Phi) is 8.57. The lowest BCUT2D eigenvalue weighted by atomic mass is 10.1. The Balaban J connectivity index is 1.74. The highest BCUT2D eigenvalue weighted by molar-refractivity contribution is 7.21. The zero-order valence-electron chi connectivity index (χ0n) is 24.1. The van der Waals surface area contributed by atoms with Crippen molar-refractivity contribution in [3.8, 4) is 10.8 Å². The normalized spacial score (nSPS) is 16.2. The van der Waals surface area contributed by atoms with Gasteiger partial charge in [-0.25, -0.2) is 13.8 Å². The number of amides is 1. The third-order valence-corrected chi connectivity index (χ3v) is 8.74. The molecule has 0 saturated carbocycles. The minimum absolute atomic E-state index is 0.0801. The van der Waals surface area contributed by atoms with Gasteiger partial charge in [-0.05, 0) is 45.4 Å². The molecule has 0 radical (unpaired) electrons. The number of halogens is 1. The summed E-state index contributed by atoms with van der Waals surface area (Å²) in [4.78, 5) is 45.2. The Morgan fingerprint density at radius 3 is 2.50 bits per heavy atom. The van der Waals surface area contributed by atoms with E-state index in [9.17, 15) is 18.8 Å². The zero-order chi connectivity index (χ0) is 30.1. The molecule has 0 N–H and O–H groups in total. The third-order valence-electron chi connectivity index (χ3n) is 7.46. The largest absolute Gasteiger partial charge is 0.496 e. The Labute approximate surface area is 244 Å². The fourth-order valence-corrected chi connectivity index (χ4v) is 6.60. The van der Waals surface area contributed by atoms with E-state index in [0.29, 0.717) is 39.7 Å². The number of nitrogens with zero attached hydrogens (tertiary/aromatic N) is 6. The molecule has 224 valence electrons. The molecule has 1 aromatic carbocycles. The van der Waals surface area contributed by atoms with Crippen LogP contribution in [-0.2, 0) is 20.8 Å². The number of hydrogen-bond donors (Lipinski definition) is 0. The maximum atomic E-state index is 14.5. The molecule has 4 heterocycles. The average Bonchev–Trinajstić information content (AvgIpc) is 3.70. The van der Waals surface area contributed by atoms with Crippen molar-refractivity contribution in [3.63, 3.8) is 0 Å². The Hall–Kier alpha value is -3.88. The molecule has 0 bridgehead atoms. The van der Waals surface area contributed by atoms with E-state index >= 15 is 0 Å². The van der Waals surface area contributed by atoms with Crippen molar-refractivity contribution in [2.75, 3.05) is 34.0 Å².